The van der Waals surface area contributed by atoms with Gasteiger partial charge in [0, 0.05) is 5.54 Å². The highest BCUT2D eigenvalue weighted by atomic mass is 16.5. The molecule has 0 bridgehead atoms. The molecule has 0 fully saturated rings. The first-order chi connectivity index (χ1) is 4.42. The summed E-state index contributed by atoms with van der Waals surface area (Å²) >= 11 is 0. The lowest BCUT2D eigenvalue weighted by atomic mass is 10.1. The molecule has 0 aromatic rings. The number of nitrogens with two attached hydrogens (primary N) is 1. The molecule has 0 atom stereocenters. The summed E-state index contributed by atoms with van der Waals surface area (Å²) in [6.45, 7) is 10.7. The summed E-state index contributed by atoms with van der Waals surface area (Å²) in [5, 5.41) is 0. The van der Waals surface area contributed by atoms with Gasteiger partial charge in [0.1, 0.15) is 0 Å². The molecule has 0 rings (SSSR count). The average molecular weight is 143 g/mol. The van der Waals surface area contributed by atoms with Crippen LogP contribution in [0, 0.1) is 0 Å². The maximum Gasteiger partial charge on any atom is 0.0672 e. The molecule has 2 heteroatoms. The Bertz CT molecular complexity index is 113. The largest absolute Gasteiger partial charge is 0.375 e. The van der Waals surface area contributed by atoms with E-state index in [1.807, 2.05) is 20.8 Å². The summed E-state index contributed by atoms with van der Waals surface area (Å²) < 4.78 is 5.23. The van der Waals surface area contributed by atoms with E-state index in [2.05, 4.69) is 6.58 Å². The summed E-state index contributed by atoms with van der Waals surface area (Å²) in [6.07, 6.45) is 0. The van der Waals surface area contributed by atoms with Gasteiger partial charge < -0.3 is 10.5 Å². The minimum atomic E-state index is -0.227. The lowest BCUT2D eigenvalue weighted by Gasteiger charge is -2.17. The quantitative estimate of drug-likeness (QED) is 0.602. The van der Waals surface area contributed by atoms with Gasteiger partial charge in [-0.2, -0.15) is 0 Å². The highest BCUT2D eigenvalue weighted by Gasteiger charge is 2.09. The SMILES string of the molecule is C=C(C)COCC(C)(C)N. The van der Waals surface area contributed by atoms with Gasteiger partial charge in [-0.3, -0.25) is 0 Å². The first-order valence-electron chi connectivity index (χ1n) is 3.43. The summed E-state index contributed by atoms with van der Waals surface area (Å²) in [6, 6.07) is 0. The molecule has 0 aliphatic carbocycles. The van der Waals surface area contributed by atoms with E-state index in [1.165, 1.54) is 0 Å². The van der Waals surface area contributed by atoms with Gasteiger partial charge in [-0.25, -0.2) is 0 Å². The van der Waals surface area contributed by atoms with Gasteiger partial charge in [0.05, 0.1) is 13.2 Å². The van der Waals surface area contributed by atoms with Crippen molar-refractivity contribution in [3.05, 3.63) is 12.2 Å². The van der Waals surface area contributed by atoms with Crippen molar-refractivity contribution in [3.8, 4) is 0 Å². The lowest BCUT2D eigenvalue weighted by Crippen LogP contribution is -2.37. The van der Waals surface area contributed by atoms with Crippen LogP contribution in [0.25, 0.3) is 0 Å². The minimum absolute atomic E-state index is 0.227. The van der Waals surface area contributed by atoms with Gasteiger partial charge in [-0.15, -0.1) is 0 Å². The molecule has 0 aliphatic rings. The molecule has 0 aliphatic heterocycles. The molecule has 0 amide bonds. The smallest absolute Gasteiger partial charge is 0.0672 e. The van der Waals surface area contributed by atoms with Crippen molar-refractivity contribution in [2.75, 3.05) is 13.2 Å². The second kappa shape index (κ2) is 3.74. The fourth-order valence-electron chi connectivity index (χ4n) is 0.488. The predicted molar refractivity (Wildman–Crippen MR) is 43.9 cm³/mol. The Balaban J connectivity index is 3.29. The molecule has 0 aromatic heterocycles. The topological polar surface area (TPSA) is 35.2 Å². The standard InChI is InChI=1S/C8H17NO/c1-7(2)5-10-6-8(3,4)9/h1,5-6,9H2,2-4H3. The zero-order valence-corrected chi connectivity index (χ0v) is 7.11. The zero-order valence-electron chi connectivity index (χ0n) is 7.11. The maximum absolute atomic E-state index is 5.67. The van der Waals surface area contributed by atoms with Crippen molar-refractivity contribution in [3.63, 3.8) is 0 Å². The van der Waals surface area contributed by atoms with Crippen molar-refractivity contribution in [1.82, 2.24) is 0 Å². The van der Waals surface area contributed by atoms with Crippen molar-refractivity contribution in [2.45, 2.75) is 26.3 Å². The van der Waals surface area contributed by atoms with E-state index in [1.54, 1.807) is 0 Å². The van der Waals surface area contributed by atoms with Gasteiger partial charge in [0.25, 0.3) is 0 Å². The Morgan fingerprint density at radius 3 is 2.40 bits per heavy atom. The molecule has 0 aromatic carbocycles. The van der Waals surface area contributed by atoms with Gasteiger partial charge >= 0.3 is 0 Å². The molecule has 0 saturated heterocycles. The van der Waals surface area contributed by atoms with E-state index < -0.39 is 0 Å². The molecule has 0 radical (unpaired) electrons. The number of ether oxygens (including phenoxy) is 1. The van der Waals surface area contributed by atoms with E-state index in [0.717, 1.165) is 5.57 Å². The molecule has 10 heavy (non-hydrogen) atoms. The molecule has 0 heterocycles. The average Bonchev–Trinajstić information content (AvgIpc) is 1.59. The van der Waals surface area contributed by atoms with Gasteiger partial charge in [-0.1, -0.05) is 12.2 Å². The van der Waals surface area contributed by atoms with Gasteiger partial charge in [0.2, 0.25) is 0 Å². The van der Waals surface area contributed by atoms with Crippen LogP contribution in [0.4, 0.5) is 0 Å². The third kappa shape index (κ3) is 7.66. The third-order valence-corrected chi connectivity index (χ3v) is 0.823. The first-order valence-corrected chi connectivity index (χ1v) is 3.43. The summed E-state index contributed by atoms with van der Waals surface area (Å²) in [7, 11) is 0. The van der Waals surface area contributed by atoms with Crippen molar-refractivity contribution in [2.24, 2.45) is 5.73 Å². The third-order valence-electron chi connectivity index (χ3n) is 0.823. The molecule has 2 N–H and O–H groups in total. The van der Waals surface area contributed by atoms with E-state index in [9.17, 15) is 0 Å². The van der Waals surface area contributed by atoms with Crippen LogP contribution >= 0.6 is 0 Å². The van der Waals surface area contributed by atoms with E-state index in [4.69, 9.17) is 10.5 Å². The van der Waals surface area contributed by atoms with Crippen molar-refractivity contribution < 1.29 is 4.74 Å². The van der Waals surface area contributed by atoms with Gasteiger partial charge in [0.15, 0.2) is 0 Å². The summed E-state index contributed by atoms with van der Waals surface area (Å²) in [4.78, 5) is 0. The molecule has 0 saturated carbocycles. The molecular weight excluding hydrogens is 126 g/mol. The molecular formula is C8H17NO. The minimum Gasteiger partial charge on any atom is -0.375 e. The monoisotopic (exact) mass is 143 g/mol. The lowest BCUT2D eigenvalue weighted by molar-refractivity contribution is 0.115. The van der Waals surface area contributed by atoms with Crippen LogP contribution in [0.1, 0.15) is 20.8 Å². The molecule has 0 unspecified atom stereocenters. The van der Waals surface area contributed by atoms with Crippen LogP contribution in [-0.4, -0.2) is 18.8 Å². The second-order valence-corrected chi connectivity index (χ2v) is 3.44. The Labute approximate surface area is 63.1 Å². The molecule has 0 spiro atoms. The van der Waals surface area contributed by atoms with Crippen molar-refractivity contribution in [1.29, 1.82) is 0 Å². The summed E-state index contributed by atoms with van der Waals surface area (Å²) in [5.41, 5.74) is 6.47. The first kappa shape index (κ1) is 9.66. The Morgan fingerprint density at radius 1 is 1.60 bits per heavy atom. The second-order valence-electron chi connectivity index (χ2n) is 3.44. The van der Waals surface area contributed by atoms with Gasteiger partial charge in [-0.05, 0) is 20.8 Å². The highest BCUT2D eigenvalue weighted by Crippen LogP contribution is 1.98. The van der Waals surface area contributed by atoms with Crippen LogP contribution in [0.5, 0.6) is 0 Å². The Kier molecular flexibility index (Phi) is 3.61. The Hall–Kier alpha value is -0.340. The maximum atomic E-state index is 5.67. The highest BCUT2D eigenvalue weighted by molar-refractivity contribution is 4.87. The normalized spacial score (nSPS) is 11.6. The molecule has 60 valence electrons. The van der Waals surface area contributed by atoms with Crippen LogP contribution in [0.15, 0.2) is 12.2 Å². The number of hydrogen-bond acceptors (Lipinski definition) is 2. The van der Waals surface area contributed by atoms with E-state index >= 15 is 0 Å². The van der Waals surface area contributed by atoms with Crippen LogP contribution in [-0.2, 0) is 4.74 Å². The fourth-order valence-corrected chi connectivity index (χ4v) is 0.488. The Morgan fingerprint density at radius 2 is 2.10 bits per heavy atom. The fraction of sp³-hybridized carbons (Fsp3) is 0.750. The van der Waals surface area contributed by atoms with Crippen LogP contribution < -0.4 is 5.73 Å². The van der Waals surface area contributed by atoms with Crippen LogP contribution in [0.2, 0.25) is 0 Å². The molecule has 2 nitrogen and oxygen atoms in total. The van der Waals surface area contributed by atoms with Crippen LogP contribution in [0.3, 0.4) is 0 Å². The number of hydrogen-bond donors (Lipinski definition) is 1. The van der Waals surface area contributed by atoms with E-state index in [-0.39, 0.29) is 5.54 Å². The summed E-state index contributed by atoms with van der Waals surface area (Å²) in [5.74, 6) is 0. The van der Waals surface area contributed by atoms with Crippen molar-refractivity contribution >= 4 is 0 Å². The zero-order chi connectivity index (χ0) is 8.20. The van der Waals surface area contributed by atoms with E-state index in [0.29, 0.717) is 13.2 Å². The number of rotatable bonds is 4. The predicted octanol–water partition coefficient (Wildman–Crippen LogP) is 1.32.